The van der Waals surface area contributed by atoms with E-state index >= 15 is 0 Å². The smallest absolute Gasteiger partial charge is 0.326 e. The highest BCUT2D eigenvalue weighted by atomic mass is 16.5. The van der Waals surface area contributed by atoms with Crippen molar-refractivity contribution in [3.05, 3.63) is 29.3 Å². The van der Waals surface area contributed by atoms with Crippen LogP contribution in [-0.4, -0.2) is 86.4 Å². The lowest BCUT2D eigenvalue weighted by atomic mass is 9.53. The topological polar surface area (TPSA) is 118 Å². The van der Waals surface area contributed by atoms with Gasteiger partial charge in [0.05, 0.1) is 45.1 Å². The first-order valence-electron chi connectivity index (χ1n) is 13.8. The van der Waals surface area contributed by atoms with E-state index in [0.29, 0.717) is 43.1 Å². The Morgan fingerprint density at radius 3 is 2.64 bits per heavy atom. The molecule has 1 saturated carbocycles. The summed E-state index contributed by atoms with van der Waals surface area (Å²) in [7, 11) is 3.36. The number of nitrogens with one attached hydrogen (secondary N) is 1. The van der Waals surface area contributed by atoms with E-state index in [2.05, 4.69) is 27.3 Å². The molecule has 7 rings (SSSR count). The molecule has 7 unspecified atom stereocenters. The Morgan fingerprint density at radius 2 is 2.00 bits per heavy atom. The molecule has 5 aliphatic heterocycles. The van der Waals surface area contributed by atoms with Gasteiger partial charge in [-0.15, -0.1) is 0 Å². The molecule has 1 aliphatic carbocycles. The number of carbonyl (C=O) groups excluding carboxylic acids is 2. The zero-order chi connectivity index (χ0) is 27.6. The number of benzene rings is 1. The Morgan fingerprint density at radius 1 is 1.26 bits per heavy atom. The lowest BCUT2D eigenvalue weighted by Crippen LogP contribution is -2.69. The molecule has 1 aromatic rings. The van der Waals surface area contributed by atoms with E-state index in [-0.39, 0.29) is 29.4 Å². The Bertz CT molecular complexity index is 1230. The summed E-state index contributed by atoms with van der Waals surface area (Å²) in [5.41, 5.74) is 3.85. The maximum absolute atomic E-state index is 13.5. The third-order valence-corrected chi connectivity index (χ3v) is 10.00. The number of methoxy groups -OCH3 is 2. The van der Waals surface area contributed by atoms with Crippen LogP contribution in [0.5, 0.6) is 11.5 Å². The number of aliphatic carboxylic acids is 1. The molecule has 10 heteroatoms. The fourth-order valence-electron chi connectivity index (χ4n) is 8.49. The molecule has 0 radical (unpaired) electrons. The number of carboxylic acids is 1. The largest absolute Gasteiger partial charge is 0.493 e. The summed E-state index contributed by atoms with van der Waals surface area (Å²) < 4.78 is 17.6. The summed E-state index contributed by atoms with van der Waals surface area (Å²) in [4.78, 5) is 38.4. The number of hydrogen-bond donors (Lipinski definition) is 2. The van der Waals surface area contributed by atoms with Crippen molar-refractivity contribution in [3.63, 3.8) is 0 Å². The van der Waals surface area contributed by atoms with Crippen LogP contribution in [0, 0.1) is 17.8 Å². The van der Waals surface area contributed by atoms with Crippen molar-refractivity contribution in [1.29, 1.82) is 0 Å². The van der Waals surface area contributed by atoms with E-state index in [9.17, 15) is 14.4 Å². The van der Waals surface area contributed by atoms with Crippen molar-refractivity contribution in [2.75, 3.05) is 38.8 Å². The maximum atomic E-state index is 13.5. The summed E-state index contributed by atoms with van der Waals surface area (Å²) >= 11 is 0. The van der Waals surface area contributed by atoms with Gasteiger partial charge in [0.25, 0.3) is 0 Å². The summed E-state index contributed by atoms with van der Waals surface area (Å²) in [6.45, 7) is 6.27. The molecule has 2 amide bonds. The van der Waals surface area contributed by atoms with Gasteiger partial charge >= 0.3 is 5.97 Å². The molecular formula is C29H37N3O7. The van der Waals surface area contributed by atoms with E-state index in [1.165, 1.54) is 12.0 Å². The third-order valence-electron chi connectivity index (χ3n) is 10.00. The number of ether oxygens (including phenoxy) is 3. The average Bonchev–Trinajstić information content (AvgIpc) is 3.38. The van der Waals surface area contributed by atoms with E-state index in [1.54, 1.807) is 33.6 Å². The monoisotopic (exact) mass is 539 g/mol. The highest BCUT2D eigenvalue weighted by Gasteiger charge is 2.71. The van der Waals surface area contributed by atoms with Crippen LogP contribution in [0.15, 0.2) is 23.8 Å². The van der Waals surface area contributed by atoms with Crippen LogP contribution in [0.4, 0.5) is 5.69 Å². The quantitative estimate of drug-likeness (QED) is 0.416. The summed E-state index contributed by atoms with van der Waals surface area (Å²) in [5, 5.41) is 10.7. The number of amides is 2. The number of hydrogen-bond acceptors (Lipinski definition) is 7. The number of anilines is 1. The molecule has 4 fully saturated rings. The van der Waals surface area contributed by atoms with Gasteiger partial charge < -0.3 is 29.5 Å². The molecule has 0 aromatic heterocycles. The van der Waals surface area contributed by atoms with Crippen LogP contribution in [0.3, 0.4) is 0 Å². The van der Waals surface area contributed by atoms with Gasteiger partial charge in [0.2, 0.25) is 12.3 Å². The molecule has 5 heterocycles. The fraction of sp³-hybridized carbons (Fsp3) is 0.621. The van der Waals surface area contributed by atoms with Gasteiger partial charge in [-0.25, -0.2) is 4.79 Å². The van der Waals surface area contributed by atoms with E-state index in [0.717, 1.165) is 30.9 Å². The molecular weight excluding hydrogens is 502 g/mol. The Labute approximate surface area is 228 Å². The molecule has 7 atom stereocenters. The minimum Gasteiger partial charge on any atom is -0.493 e. The number of fused-ring (bicyclic) bond motifs is 2. The third kappa shape index (κ3) is 3.64. The zero-order valence-electron chi connectivity index (χ0n) is 22.9. The molecule has 1 aromatic carbocycles. The number of nitrogens with zero attached hydrogens (tertiary/aromatic N) is 2. The molecule has 2 N–H and O–H groups in total. The van der Waals surface area contributed by atoms with Crippen LogP contribution in [0.1, 0.15) is 38.7 Å². The molecule has 39 heavy (non-hydrogen) atoms. The van der Waals surface area contributed by atoms with Crippen LogP contribution in [0.25, 0.3) is 0 Å². The van der Waals surface area contributed by atoms with Crippen molar-refractivity contribution in [3.8, 4) is 11.5 Å². The van der Waals surface area contributed by atoms with Crippen molar-refractivity contribution in [2.24, 2.45) is 17.8 Å². The Kier molecular flexibility index (Phi) is 6.38. The van der Waals surface area contributed by atoms with Crippen molar-refractivity contribution >= 4 is 24.0 Å². The summed E-state index contributed by atoms with van der Waals surface area (Å²) in [6.07, 6.45) is 5.51. The highest BCUT2D eigenvalue weighted by molar-refractivity contribution is 5.99. The van der Waals surface area contributed by atoms with Gasteiger partial charge in [0.1, 0.15) is 6.04 Å². The van der Waals surface area contributed by atoms with Gasteiger partial charge in [-0.1, -0.05) is 25.5 Å². The molecule has 10 nitrogen and oxygen atoms in total. The second-order valence-corrected chi connectivity index (χ2v) is 11.8. The predicted octanol–water partition coefficient (Wildman–Crippen LogP) is 1.95. The fourth-order valence-corrected chi connectivity index (χ4v) is 8.49. The first-order chi connectivity index (χ1) is 18.8. The predicted molar refractivity (Wildman–Crippen MR) is 142 cm³/mol. The number of rotatable bonds is 6. The highest BCUT2D eigenvalue weighted by Crippen LogP contribution is 2.66. The van der Waals surface area contributed by atoms with Crippen molar-refractivity contribution < 1.29 is 33.7 Å². The van der Waals surface area contributed by atoms with Gasteiger partial charge in [-0.05, 0) is 42.9 Å². The van der Waals surface area contributed by atoms with Crippen molar-refractivity contribution in [1.82, 2.24) is 10.2 Å². The second-order valence-electron chi connectivity index (χ2n) is 11.8. The van der Waals surface area contributed by atoms with Crippen LogP contribution < -0.4 is 19.7 Å². The molecule has 1 spiro atoms. The van der Waals surface area contributed by atoms with Gasteiger partial charge in [-0.3, -0.25) is 14.5 Å². The van der Waals surface area contributed by atoms with E-state index in [4.69, 9.17) is 19.3 Å². The lowest BCUT2D eigenvalue weighted by Gasteiger charge is -2.58. The van der Waals surface area contributed by atoms with E-state index < -0.39 is 12.0 Å². The summed E-state index contributed by atoms with van der Waals surface area (Å²) in [6, 6.07) is 4.10. The van der Waals surface area contributed by atoms with Gasteiger partial charge in [-0.2, -0.15) is 0 Å². The minimum atomic E-state index is -0.998. The number of carboxylic acid groups (broad SMARTS) is 1. The molecule has 3 saturated heterocycles. The first kappa shape index (κ1) is 26.1. The maximum Gasteiger partial charge on any atom is 0.326 e. The standard InChI is InChI=1S/C23H26N2O4.C6H11NO3/c1-27-16-8-14-15(9-17(16)28-2)25-20(26)10-18-21-13-7-19-23(14,22(21)25)4-5-24(19)11-12(13)3-6-29-18;1-4(2)5(6(9)10)7-3-8/h3,8-9,13,18-19,21-22H,4-7,10-11H2,1-2H3;3-5H,1-2H3,(H,7,8)(H,9,10). The number of piperidine rings is 2. The average molecular weight is 540 g/mol. The summed E-state index contributed by atoms with van der Waals surface area (Å²) in [5.74, 6) is 1.49. The molecule has 210 valence electrons. The second kappa shape index (κ2) is 9.52. The van der Waals surface area contributed by atoms with Crippen LogP contribution in [0.2, 0.25) is 0 Å². The van der Waals surface area contributed by atoms with Gasteiger partial charge in [0, 0.05) is 30.0 Å². The van der Waals surface area contributed by atoms with Crippen LogP contribution in [-0.2, 0) is 24.5 Å². The number of carbonyl (C=O) groups is 3. The lowest BCUT2D eigenvalue weighted by molar-refractivity contribution is -0.141. The Hall–Kier alpha value is -3.11. The SMILES string of the molecule is CC(C)C(NC=O)C(=O)O.COc1cc2c(cc1OC)C13CCN4CC5=CCOC6CC(=O)N2C1C6C5CC43. The molecule has 2 bridgehead atoms. The van der Waals surface area contributed by atoms with Crippen molar-refractivity contribution in [2.45, 2.75) is 62.8 Å². The Balaban J connectivity index is 0.000000240. The first-order valence-corrected chi connectivity index (χ1v) is 13.8. The molecule has 6 aliphatic rings. The zero-order valence-corrected chi connectivity index (χ0v) is 22.9. The van der Waals surface area contributed by atoms with Crippen LogP contribution >= 0.6 is 0 Å². The normalized spacial score (nSPS) is 33.8. The van der Waals surface area contributed by atoms with Gasteiger partial charge in [0.15, 0.2) is 11.5 Å². The van der Waals surface area contributed by atoms with E-state index in [1.807, 2.05) is 6.07 Å². The minimum absolute atomic E-state index is 0.0242.